The number of phenols is 1. The van der Waals surface area contributed by atoms with Crippen molar-refractivity contribution in [2.24, 2.45) is 0 Å². The number of nitrogens with zero attached hydrogens (tertiary/aromatic N) is 1. The molecule has 0 bridgehead atoms. The third kappa shape index (κ3) is 2.64. The summed E-state index contributed by atoms with van der Waals surface area (Å²) >= 11 is 0. The summed E-state index contributed by atoms with van der Waals surface area (Å²) in [5, 5.41) is 9.46. The van der Waals surface area contributed by atoms with Gasteiger partial charge in [-0.05, 0) is 47.7 Å². The molecular formula is C17H19NO. The van der Waals surface area contributed by atoms with E-state index >= 15 is 0 Å². The van der Waals surface area contributed by atoms with E-state index in [1.54, 1.807) is 6.07 Å². The summed E-state index contributed by atoms with van der Waals surface area (Å²) in [7, 11) is 0. The number of phenolic OH excluding ortho intramolecular Hbond substituents is 1. The average molecular weight is 253 g/mol. The van der Waals surface area contributed by atoms with Crippen LogP contribution < -0.4 is 0 Å². The molecule has 3 rings (SSSR count). The monoisotopic (exact) mass is 253 g/mol. The Morgan fingerprint density at radius 3 is 2.68 bits per heavy atom. The summed E-state index contributed by atoms with van der Waals surface area (Å²) in [5.41, 5.74) is 5.40. The van der Waals surface area contributed by atoms with Gasteiger partial charge in [0.2, 0.25) is 0 Å². The standard InChI is InChI=1S/C17H19NO/c1-13-10-17(19)7-6-15(13)11-18-9-8-14-4-2-3-5-16(14)12-18/h2-7,10,19H,8-9,11-12H2,1H3. The fraction of sp³-hybridized carbons (Fsp3) is 0.294. The van der Waals surface area contributed by atoms with E-state index in [0.717, 1.165) is 26.1 Å². The SMILES string of the molecule is Cc1cc(O)ccc1CN1CCc2ccccc2C1. The van der Waals surface area contributed by atoms with Gasteiger partial charge in [0.15, 0.2) is 0 Å². The van der Waals surface area contributed by atoms with Gasteiger partial charge in [0.05, 0.1) is 0 Å². The summed E-state index contributed by atoms with van der Waals surface area (Å²) in [6.07, 6.45) is 1.13. The summed E-state index contributed by atoms with van der Waals surface area (Å²) in [6.45, 7) is 5.15. The lowest BCUT2D eigenvalue weighted by molar-refractivity contribution is 0.245. The van der Waals surface area contributed by atoms with E-state index in [4.69, 9.17) is 0 Å². The largest absolute Gasteiger partial charge is 0.508 e. The third-order valence-corrected chi connectivity index (χ3v) is 3.93. The molecule has 0 aliphatic carbocycles. The highest BCUT2D eigenvalue weighted by atomic mass is 16.3. The maximum atomic E-state index is 9.46. The smallest absolute Gasteiger partial charge is 0.115 e. The van der Waals surface area contributed by atoms with Crippen molar-refractivity contribution in [2.45, 2.75) is 26.4 Å². The van der Waals surface area contributed by atoms with Crippen molar-refractivity contribution in [2.75, 3.05) is 6.54 Å². The Hall–Kier alpha value is -1.80. The minimum atomic E-state index is 0.352. The first-order valence-corrected chi connectivity index (χ1v) is 6.80. The van der Waals surface area contributed by atoms with Crippen LogP contribution in [0, 0.1) is 6.92 Å². The van der Waals surface area contributed by atoms with Crippen LogP contribution in [-0.4, -0.2) is 16.6 Å². The van der Waals surface area contributed by atoms with Crippen LogP contribution in [0.15, 0.2) is 42.5 Å². The maximum absolute atomic E-state index is 9.46. The van der Waals surface area contributed by atoms with Crippen LogP contribution in [0.2, 0.25) is 0 Å². The van der Waals surface area contributed by atoms with Gasteiger partial charge >= 0.3 is 0 Å². The fourth-order valence-electron chi connectivity index (χ4n) is 2.79. The fourth-order valence-corrected chi connectivity index (χ4v) is 2.79. The Bertz CT molecular complexity index is 592. The van der Waals surface area contributed by atoms with Crippen LogP contribution in [0.5, 0.6) is 5.75 Å². The lowest BCUT2D eigenvalue weighted by Crippen LogP contribution is -2.30. The summed E-state index contributed by atoms with van der Waals surface area (Å²) in [4.78, 5) is 2.47. The lowest BCUT2D eigenvalue weighted by atomic mass is 9.99. The molecule has 1 N–H and O–H groups in total. The normalized spacial score (nSPS) is 15.2. The van der Waals surface area contributed by atoms with Crippen LogP contribution in [0.3, 0.4) is 0 Å². The first-order valence-electron chi connectivity index (χ1n) is 6.80. The number of hydrogen-bond donors (Lipinski definition) is 1. The molecule has 19 heavy (non-hydrogen) atoms. The first-order chi connectivity index (χ1) is 9.22. The summed E-state index contributed by atoms with van der Waals surface area (Å²) < 4.78 is 0. The predicted octanol–water partition coefficient (Wildman–Crippen LogP) is 3.26. The molecule has 0 aromatic heterocycles. The zero-order chi connectivity index (χ0) is 13.2. The second-order valence-electron chi connectivity index (χ2n) is 5.34. The van der Waals surface area contributed by atoms with Gasteiger partial charge in [-0.25, -0.2) is 0 Å². The van der Waals surface area contributed by atoms with Crippen molar-refractivity contribution in [3.8, 4) is 5.75 Å². The van der Waals surface area contributed by atoms with Gasteiger partial charge in [-0.3, -0.25) is 4.90 Å². The predicted molar refractivity (Wildman–Crippen MR) is 77.1 cm³/mol. The first kappa shape index (κ1) is 12.2. The van der Waals surface area contributed by atoms with E-state index in [1.807, 2.05) is 12.1 Å². The van der Waals surface area contributed by atoms with Crippen molar-refractivity contribution in [1.29, 1.82) is 0 Å². The topological polar surface area (TPSA) is 23.5 Å². The van der Waals surface area contributed by atoms with E-state index in [1.165, 1.54) is 22.3 Å². The molecule has 0 saturated heterocycles. The average Bonchev–Trinajstić information content (AvgIpc) is 2.42. The number of hydrogen-bond acceptors (Lipinski definition) is 2. The molecule has 98 valence electrons. The van der Waals surface area contributed by atoms with Gasteiger partial charge in [0.25, 0.3) is 0 Å². The van der Waals surface area contributed by atoms with Crippen molar-refractivity contribution >= 4 is 0 Å². The van der Waals surface area contributed by atoms with Gasteiger partial charge in [-0.1, -0.05) is 30.3 Å². The second kappa shape index (κ2) is 5.06. The minimum absolute atomic E-state index is 0.352. The molecule has 0 unspecified atom stereocenters. The number of rotatable bonds is 2. The highest BCUT2D eigenvalue weighted by molar-refractivity contribution is 5.34. The molecule has 0 amide bonds. The second-order valence-corrected chi connectivity index (χ2v) is 5.34. The quantitative estimate of drug-likeness (QED) is 0.888. The van der Waals surface area contributed by atoms with E-state index in [9.17, 15) is 5.11 Å². The molecule has 1 aliphatic heterocycles. The molecular weight excluding hydrogens is 234 g/mol. The zero-order valence-electron chi connectivity index (χ0n) is 11.3. The van der Waals surface area contributed by atoms with Gasteiger partial charge in [-0.15, -0.1) is 0 Å². The molecule has 0 atom stereocenters. The molecule has 0 saturated carbocycles. The summed E-state index contributed by atoms with van der Waals surface area (Å²) in [6, 6.07) is 14.4. The molecule has 2 aromatic rings. The van der Waals surface area contributed by atoms with Crippen molar-refractivity contribution in [1.82, 2.24) is 4.90 Å². The molecule has 0 fully saturated rings. The Labute approximate surface area is 114 Å². The minimum Gasteiger partial charge on any atom is -0.508 e. The van der Waals surface area contributed by atoms with Gasteiger partial charge in [-0.2, -0.15) is 0 Å². The highest BCUT2D eigenvalue weighted by Gasteiger charge is 2.16. The Morgan fingerprint density at radius 1 is 1.11 bits per heavy atom. The molecule has 2 aromatic carbocycles. The molecule has 0 spiro atoms. The molecule has 0 radical (unpaired) electrons. The number of aromatic hydroxyl groups is 1. The van der Waals surface area contributed by atoms with E-state index in [2.05, 4.69) is 36.1 Å². The van der Waals surface area contributed by atoms with Crippen LogP contribution in [-0.2, 0) is 19.5 Å². The van der Waals surface area contributed by atoms with Crippen LogP contribution in [0.25, 0.3) is 0 Å². The van der Waals surface area contributed by atoms with Crippen molar-refractivity contribution in [3.05, 3.63) is 64.7 Å². The summed E-state index contributed by atoms with van der Waals surface area (Å²) in [5.74, 6) is 0.352. The number of fused-ring (bicyclic) bond motifs is 1. The van der Waals surface area contributed by atoms with Crippen LogP contribution >= 0.6 is 0 Å². The van der Waals surface area contributed by atoms with Gasteiger partial charge in [0, 0.05) is 19.6 Å². The molecule has 2 heteroatoms. The molecule has 1 heterocycles. The molecule has 2 nitrogen and oxygen atoms in total. The Balaban J connectivity index is 1.75. The Kier molecular flexibility index (Phi) is 3.26. The zero-order valence-corrected chi connectivity index (χ0v) is 11.3. The van der Waals surface area contributed by atoms with Crippen molar-refractivity contribution in [3.63, 3.8) is 0 Å². The van der Waals surface area contributed by atoms with Crippen LogP contribution in [0.1, 0.15) is 22.3 Å². The highest BCUT2D eigenvalue weighted by Crippen LogP contribution is 2.22. The Morgan fingerprint density at radius 2 is 1.89 bits per heavy atom. The van der Waals surface area contributed by atoms with Crippen molar-refractivity contribution < 1.29 is 5.11 Å². The van der Waals surface area contributed by atoms with Gasteiger partial charge in [0.1, 0.15) is 5.75 Å². The third-order valence-electron chi connectivity index (χ3n) is 3.93. The van der Waals surface area contributed by atoms with E-state index in [0.29, 0.717) is 5.75 Å². The lowest BCUT2D eigenvalue weighted by Gasteiger charge is -2.29. The number of benzene rings is 2. The van der Waals surface area contributed by atoms with Gasteiger partial charge < -0.3 is 5.11 Å². The van der Waals surface area contributed by atoms with E-state index in [-0.39, 0.29) is 0 Å². The number of aryl methyl sites for hydroxylation is 1. The maximum Gasteiger partial charge on any atom is 0.115 e. The molecule has 1 aliphatic rings. The van der Waals surface area contributed by atoms with E-state index < -0.39 is 0 Å². The van der Waals surface area contributed by atoms with Crippen LogP contribution in [0.4, 0.5) is 0 Å².